The van der Waals surface area contributed by atoms with Crippen molar-refractivity contribution in [1.29, 1.82) is 0 Å². The maximum absolute atomic E-state index is 12.8. The van der Waals surface area contributed by atoms with Crippen molar-refractivity contribution < 1.29 is 4.39 Å². The van der Waals surface area contributed by atoms with Gasteiger partial charge in [-0.3, -0.25) is 10.8 Å². The lowest BCUT2D eigenvalue weighted by Gasteiger charge is -2.03. The maximum atomic E-state index is 12.8. The Balaban J connectivity index is 0.000000980. The largest absolute Gasteiger partial charge is 0.323 e. The molecular formula is C9H9ClFN3. The first-order chi connectivity index (χ1) is 6.31. The highest BCUT2D eigenvalue weighted by Gasteiger charge is 2.00. The maximum Gasteiger partial charge on any atom is 0.125 e. The summed E-state index contributed by atoms with van der Waals surface area (Å²) in [6.45, 7) is 0. The molecule has 0 saturated carbocycles. The molecule has 0 aliphatic rings. The van der Waals surface area contributed by atoms with Crippen LogP contribution in [0.15, 0.2) is 30.5 Å². The second kappa shape index (κ2) is 4.21. The molecule has 0 saturated heterocycles. The molecule has 2 aromatic rings. The van der Waals surface area contributed by atoms with Gasteiger partial charge in [-0.05, 0) is 18.2 Å². The Morgan fingerprint density at radius 1 is 1.29 bits per heavy atom. The van der Waals surface area contributed by atoms with E-state index >= 15 is 0 Å². The lowest BCUT2D eigenvalue weighted by Crippen LogP contribution is -2.07. The van der Waals surface area contributed by atoms with Gasteiger partial charge in [0, 0.05) is 17.6 Å². The summed E-state index contributed by atoms with van der Waals surface area (Å²) in [5.41, 5.74) is 3.86. The second-order valence-electron chi connectivity index (χ2n) is 2.66. The molecule has 0 radical (unpaired) electrons. The number of pyridine rings is 1. The van der Waals surface area contributed by atoms with E-state index in [0.717, 1.165) is 11.1 Å². The van der Waals surface area contributed by atoms with E-state index in [9.17, 15) is 4.39 Å². The first-order valence-electron chi connectivity index (χ1n) is 3.82. The summed E-state index contributed by atoms with van der Waals surface area (Å²) in [7, 11) is 0. The third-order valence-corrected chi connectivity index (χ3v) is 1.86. The predicted molar refractivity (Wildman–Crippen MR) is 56.8 cm³/mol. The number of nitrogens with zero attached hydrogens (tertiary/aromatic N) is 1. The molecule has 1 heterocycles. The number of hydrogen-bond acceptors (Lipinski definition) is 3. The fourth-order valence-corrected chi connectivity index (χ4v) is 1.25. The van der Waals surface area contributed by atoms with Crippen molar-refractivity contribution in [3.05, 3.63) is 36.3 Å². The summed E-state index contributed by atoms with van der Waals surface area (Å²) >= 11 is 0. The average Bonchev–Trinajstić information content (AvgIpc) is 2.16. The summed E-state index contributed by atoms with van der Waals surface area (Å²) in [6, 6.07) is 6.13. The Kier molecular flexibility index (Phi) is 3.22. The molecule has 14 heavy (non-hydrogen) atoms. The van der Waals surface area contributed by atoms with E-state index < -0.39 is 0 Å². The monoisotopic (exact) mass is 213 g/mol. The van der Waals surface area contributed by atoms with Crippen LogP contribution < -0.4 is 11.3 Å². The number of nitrogen functional groups attached to an aromatic ring is 1. The Bertz CT molecular complexity index is 447. The van der Waals surface area contributed by atoms with Crippen LogP contribution in [0.4, 0.5) is 10.1 Å². The SMILES string of the molecule is Cl.NNc1ccnc2cc(F)ccc12. The highest BCUT2D eigenvalue weighted by atomic mass is 35.5. The molecule has 3 N–H and O–H groups in total. The quantitative estimate of drug-likeness (QED) is 0.563. The van der Waals surface area contributed by atoms with E-state index in [0.29, 0.717) is 5.52 Å². The van der Waals surface area contributed by atoms with Crippen LogP contribution in [-0.4, -0.2) is 4.98 Å². The molecular weight excluding hydrogens is 205 g/mol. The smallest absolute Gasteiger partial charge is 0.125 e. The van der Waals surface area contributed by atoms with Crippen LogP contribution in [0.2, 0.25) is 0 Å². The van der Waals surface area contributed by atoms with Crippen molar-refractivity contribution in [1.82, 2.24) is 4.98 Å². The summed E-state index contributed by atoms with van der Waals surface area (Å²) in [6.07, 6.45) is 1.58. The second-order valence-corrected chi connectivity index (χ2v) is 2.66. The molecule has 3 nitrogen and oxygen atoms in total. The molecule has 0 aliphatic heterocycles. The topological polar surface area (TPSA) is 50.9 Å². The standard InChI is InChI=1S/C9H8FN3.ClH/c10-6-1-2-7-8(13-11)3-4-12-9(7)5-6;/h1-5H,11H2,(H,12,13);1H. The Labute approximate surface area is 86.5 Å². The number of nitrogens with two attached hydrogens (primary N) is 1. The average molecular weight is 214 g/mol. The first kappa shape index (κ1) is 10.7. The first-order valence-corrected chi connectivity index (χ1v) is 3.82. The fourth-order valence-electron chi connectivity index (χ4n) is 1.25. The predicted octanol–water partition coefficient (Wildman–Crippen LogP) is 2.08. The third kappa shape index (κ3) is 1.76. The van der Waals surface area contributed by atoms with E-state index in [1.54, 1.807) is 18.3 Å². The van der Waals surface area contributed by atoms with Gasteiger partial charge in [-0.2, -0.15) is 0 Å². The molecule has 5 heteroatoms. The van der Waals surface area contributed by atoms with Crippen LogP contribution in [0.1, 0.15) is 0 Å². The molecule has 0 fully saturated rings. The summed E-state index contributed by atoms with van der Waals surface area (Å²) in [4.78, 5) is 4.02. The number of rotatable bonds is 1. The summed E-state index contributed by atoms with van der Waals surface area (Å²) < 4.78 is 12.8. The number of halogens is 2. The molecule has 0 atom stereocenters. The van der Waals surface area contributed by atoms with Crippen LogP contribution >= 0.6 is 12.4 Å². The van der Waals surface area contributed by atoms with Gasteiger partial charge in [0.1, 0.15) is 5.82 Å². The number of fused-ring (bicyclic) bond motifs is 1. The van der Waals surface area contributed by atoms with Gasteiger partial charge in [-0.25, -0.2) is 4.39 Å². The zero-order valence-corrected chi connectivity index (χ0v) is 8.01. The fraction of sp³-hybridized carbons (Fsp3) is 0. The van der Waals surface area contributed by atoms with Gasteiger partial charge < -0.3 is 5.43 Å². The van der Waals surface area contributed by atoms with E-state index in [-0.39, 0.29) is 18.2 Å². The number of anilines is 1. The number of nitrogens with one attached hydrogen (secondary N) is 1. The van der Waals surface area contributed by atoms with Crippen LogP contribution in [0, 0.1) is 5.82 Å². The molecule has 0 unspecified atom stereocenters. The molecule has 0 bridgehead atoms. The molecule has 74 valence electrons. The van der Waals surface area contributed by atoms with Crippen molar-refractivity contribution in [2.45, 2.75) is 0 Å². The minimum Gasteiger partial charge on any atom is -0.323 e. The highest BCUT2D eigenvalue weighted by molar-refractivity contribution is 5.90. The minimum absolute atomic E-state index is 0. The number of hydrazine groups is 1. The van der Waals surface area contributed by atoms with Crippen LogP contribution in [-0.2, 0) is 0 Å². The highest BCUT2D eigenvalue weighted by Crippen LogP contribution is 2.20. The molecule has 0 amide bonds. The molecule has 0 aliphatic carbocycles. The van der Waals surface area contributed by atoms with Gasteiger partial charge in [0.05, 0.1) is 11.2 Å². The van der Waals surface area contributed by atoms with E-state index in [1.165, 1.54) is 12.1 Å². The van der Waals surface area contributed by atoms with Gasteiger partial charge in [-0.15, -0.1) is 12.4 Å². The normalized spacial score (nSPS) is 9.57. The van der Waals surface area contributed by atoms with E-state index in [2.05, 4.69) is 10.4 Å². The molecule has 0 spiro atoms. The van der Waals surface area contributed by atoms with Crippen molar-refractivity contribution in [3.8, 4) is 0 Å². The van der Waals surface area contributed by atoms with Gasteiger partial charge in [-0.1, -0.05) is 0 Å². The zero-order valence-electron chi connectivity index (χ0n) is 7.20. The lowest BCUT2D eigenvalue weighted by molar-refractivity contribution is 0.629. The number of aromatic nitrogens is 1. The Morgan fingerprint density at radius 2 is 2.07 bits per heavy atom. The minimum atomic E-state index is -0.297. The van der Waals surface area contributed by atoms with Gasteiger partial charge in [0.2, 0.25) is 0 Å². The summed E-state index contributed by atoms with van der Waals surface area (Å²) in [5, 5.41) is 0.811. The van der Waals surface area contributed by atoms with E-state index in [1.807, 2.05) is 0 Å². The van der Waals surface area contributed by atoms with Crippen molar-refractivity contribution >= 4 is 29.0 Å². The van der Waals surface area contributed by atoms with Crippen LogP contribution in [0.5, 0.6) is 0 Å². The Morgan fingerprint density at radius 3 is 2.79 bits per heavy atom. The van der Waals surface area contributed by atoms with Gasteiger partial charge >= 0.3 is 0 Å². The molecule has 1 aromatic heterocycles. The van der Waals surface area contributed by atoms with Gasteiger partial charge in [0.15, 0.2) is 0 Å². The van der Waals surface area contributed by atoms with Crippen molar-refractivity contribution in [2.24, 2.45) is 5.84 Å². The third-order valence-electron chi connectivity index (χ3n) is 1.86. The molecule has 2 rings (SSSR count). The zero-order chi connectivity index (χ0) is 9.26. The lowest BCUT2D eigenvalue weighted by atomic mass is 10.2. The van der Waals surface area contributed by atoms with Crippen molar-refractivity contribution in [2.75, 3.05) is 5.43 Å². The van der Waals surface area contributed by atoms with Gasteiger partial charge in [0.25, 0.3) is 0 Å². The molecule has 1 aromatic carbocycles. The number of benzene rings is 1. The summed E-state index contributed by atoms with van der Waals surface area (Å²) in [5.74, 6) is 4.99. The number of hydrogen-bond donors (Lipinski definition) is 2. The Hall–Kier alpha value is -1.39. The van der Waals surface area contributed by atoms with Crippen molar-refractivity contribution in [3.63, 3.8) is 0 Å². The van der Waals surface area contributed by atoms with Crippen LogP contribution in [0.3, 0.4) is 0 Å². The van der Waals surface area contributed by atoms with E-state index in [4.69, 9.17) is 5.84 Å². The van der Waals surface area contributed by atoms with Crippen LogP contribution in [0.25, 0.3) is 10.9 Å².